The lowest BCUT2D eigenvalue weighted by atomic mass is 9.89. The molecule has 2 N–H and O–H groups in total. The summed E-state index contributed by atoms with van der Waals surface area (Å²) in [6.45, 7) is 6.83. The molecule has 6 heteroatoms. The molecule has 0 amide bonds. The van der Waals surface area contributed by atoms with E-state index in [1.54, 1.807) is 11.0 Å². The van der Waals surface area contributed by atoms with Gasteiger partial charge in [-0.2, -0.15) is 5.10 Å². The molecule has 1 saturated carbocycles. The van der Waals surface area contributed by atoms with Crippen molar-refractivity contribution in [1.82, 2.24) is 25.4 Å². The van der Waals surface area contributed by atoms with Crippen LogP contribution in [0.3, 0.4) is 0 Å². The van der Waals surface area contributed by atoms with Gasteiger partial charge in [0.05, 0.1) is 0 Å². The molecule has 0 unspecified atom stereocenters. The van der Waals surface area contributed by atoms with Crippen LogP contribution in [0.15, 0.2) is 11.3 Å². The number of aromatic nitrogens is 3. The van der Waals surface area contributed by atoms with Crippen molar-refractivity contribution in [2.24, 2.45) is 17.5 Å². The first-order valence-electron chi connectivity index (χ1n) is 7.48. The van der Waals surface area contributed by atoms with Crippen molar-refractivity contribution in [2.45, 2.75) is 46.1 Å². The van der Waals surface area contributed by atoms with Crippen molar-refractivity contribution in [3.05, 3.63) is 12.2 Å². The molecule has 0 spiro atoms. The Morgan fingerprint density at radius 1 is 1.40 bits per heavy atom. The summed E-state index contributed by atoms with van der Waals surface area (Å²) in [7, 11) is 1.89. The van der Waals surface area contributed by atoms with E-state index >= 15 is 0 Å². The molecule has 1 aromatic heterocycles. The Balaban J connectivity index is 1.90. The third kappa shape index (κ3) is 3.95. The summed E-state index contributed by atoms with van der Waals surface area (Å²) in [6.07, 6.45) is 6.88. The normalized spacial score (nSPS) is 18.2. The molecule has 0 atom stereocenters. The summed E-state index contributed by atoms with van der Waals surface area (Å²) >= 11 is 0. The number of nitrogens with zero attached hydrogens (tertiary/aromatic N) is 4. The second kappa shape index (κ2) is 6.72. The minimum Gasteiger partial charge on any atom is -0.357 e. The first-order valence-corrected chi connectivity index (χ1v) is 7.48. The van der Waals surface area contributed by atoms with Crippen molar-refractivity contribution < 1.29 is 0 Å². The summed E-state index contributed by atoms with van der Waals surface area (Å²) in [5.41, 5.74) is 0.418. The number of guanidine groups is 1. The molecule has 1 aromatic rings. The minimum absolute atomic E-state index is 0.418. The summed E-state index contributed by atoms with van der Waals surface area (Å²) in [4.78, 5) is 8.77. The molecule has 1 aliphatic rings. The fourth-order valence-electron chi connectivity index (χ4n) is 2.66. The molecule has 0 saturated heterocycles. The predicted molar refractivity (Wildman–Crippen MR) is 80.4 cm³/mol. The summed E-state index contributed by atoms with van der Waals surface area (Å²) in [6, 6.07) is 0. The van der Waals surface area contributed by atoms with Gasteiger partial charge in [-0.1, -0.05) is 19.8 Å². The van der Waals surface area contributed by atoms with Gasteiger partial charge < -0.3 is 10.6 Å². The van der Waals surface area contributed by atoms with Gasteiger partial charge in [0, 0.05) is 20.1 Å². The van der Waals surface area contributed by atoms with Crippen LogP contribution in [0.2, 0.25) is 0 Å². The monoisotopic (exact) mass is 278 g/mol. The highest BCUT2D eigenvalue weighted by Crippen LogP contribution is 2.36. The van der Waals surface area contributed by atoms with E-state index in [0.717, 1.165) is 24.9 Å². The molecule has 20 heavy (non-hydrogen) atoms. The van der Waals surface area contributed by atoms with Gasteiger partial charge in [-0.3, -0.25) is 4.68 Å². The van der Waals surface area contributed by atoms with Gasteiger partial charge >= 0.3 is 0 Å². The van der Waals surface area contributed by atoms with Gasteiger partial charge in [-0.05, 0) is 25.2 Å². The van der Waals surface area contributed by atoms with Gasteiger partial charge in [0.2, 0.25) is 0 Å². The molecule has 6 nitrogen and oxygen atoms in total. The Bertz CT molecular complexity index is 444. The average molecular weight is 278 g/mol. The minimum atomic E-state index is 0.418. The predicted octanol–water partition coefficient (Wildman–Crippen LogP) is 1.45. The van der Waals surface area contributed by atoms with Gasteiger partial charge in [-0.25, -0.2) is 9.98 Å². The second-order valence-corrected chi connectivity index (χ2v) is 5.87. The van der Waals surface area contributed by atoms with Crippen LogP contribution in [0.5, 0.6) is 0 Å². The highest BCUT2D eigenvalue weighted by atomic mass is 15.3. The van der Waals surface area contributed by atoms with Gasteiger partial charge in [0.1, 0.15) is 18.7 Å². The van der Waals surface area contributed by atoms with Crippen LogP contribution in [0, 0.1) is 5.41 Å². The molecule has 0 bridgehead atoms. The van der Waals surface area contributed by atoms with Crippen LogP contribution < -0.4 is 10.6 Å². The molecular weight excluding hydrogens is 252 g/mol. The molecule has 0 aliphatic heterocycles. The third-order valence-corrected chi connectivity index (χ3v) is 4.02. The van der Waals surface area contributed by atoms with Crippen molar-refractivity contribution in [1.29, 1.82) is 0 Å². The standard InChI is InChI=1S/C14H26N6/c1-4-15-13(16-9-12-18-11-19-20(12)3)17-10-14(2)7-5-6-8-14/h11H,4-10H2,1-3H3,(H2,15,16,17). The van der Waals surface area contributed by atoms with E-state index in [9.17, 15) is 0 Å². The summed E-state index contributed by atoms with van der Waals surface area (Å²) < 4.78 is 1.76. The molecule has 1 aliphatic carbocycles. The van der Waals surface area contributed by atoms with Crippen LogP contribution in [0.4, 0.5) is 0 Å². The lowest BCUT2D eigenvalue weighted by molar-refractivity contribution is 0.334. The van der Waals surface area contributed by atoms with Crippen molar-refractivity contribution in [3.8, 4) is 0 Å². The van der Waals surface area contributed by atoms with E-state index in [2.05, 4.69) is 39.6 Å². The van der Waals surface area contributed by atoms with Crippen molar-refractivity contribution in [3.63, 3.8) is 0 Å². The van der Waals surface area contributed by atoms with Crippen molar-refractivity contribution >= 4 is 5.96 Å². The van der Waals surface area contributed by atoms with E-state index in [4.69, 9.17) is 0 Å². The van der Waals surface area contributed by atoms with Crippen LogP contribution in [-0.2, 0) is 13.6 Å². The average Bonchev–Trinajstić information content (AvgIpc) is 3.03. The maximum absolute atomic E-state index is 4.58. The Morgan fingerprint density at radius 2 is 2.15 bits per heavy atom. The number of aliphatic imine (C=N–C) groups is 1. The zero-order valence-electron chi connectivity index (χ0n) is 12.8. The quantitative estimate of drug-likeness (QED) is 0.632. The Hall–Kier alpha value is -1.59. The maximum atomic E-state index is 4.58. The molecule has 0 aromatic carbocycles. The zero-order valence-corrected chi connectivity index (χ0v) is 12.8. The SMILES string of the molecule is CCNC(=NCc1ncnn1C)NCC1(C)CCCC1. The molecule has 112 valence electrons. The smallest absolute Gasteiger partial charge is 0.191 e. The number of hydrogen-bond donors (Lipinski definition) is 2. The maximum Gasteiger partial charge on any atom is 0.191 e. The first kappa shape index (κ1) is 14.8. The highest BCUT2D eigenvalue weighted by molar-refractivity contribution is 5.79. The summed E-state index contributed by atoms with van der Waals surface area (Å²) in [5.74, 6) is 1.73. The van der Waals surface area contributed by atoms with Gasteiger partial charge in [0.25, 0.3) is 0 Å². The van der Waals surface area contributed by atoms with Crippen LogP contribution >= 0.6 is 0 Å². The highest BCUT2D eigenvalue weighted by Gasteiger charge is 2.28. The summed E-state index contributed by atoms with van der Waals surface area (Å²) in [5, 5.41) is 10.8. The zero-order chi connectivity index (χ0) is 14.4. The lowest BCUT2D eigenvalue weighted by Crippen LogP contribution is -2.42. The van der Waals surface area contributed by atoms with E-state index in [1.807, 2.05) is 7.05 Å². The topological polar surface area (TPSA) is 67.1 Å². The first-order chi connectivity index (χ1) is 9.63. The van der Waals surface area contributed by atoms with E-state index in [1.165, 1.54) is 25.7 Å². The number of nitrogens with one attached hydrogen (secondary N) is 2. The lowest BCUT2D eigenvalue weighted by Gasteiger charge is -2.25. The van der Waals surface area contributed by atoms with Crippen LogP contribution in [0.1, 0.15) is 45.4 Å². The Labute approximate surface area is 121 Å². The molecule has 1 fully saturated rings. The fraction of sp³-hybridized carbons (Fsp3) is 0.786. The van der Waals surface area contributed by atoms with Crippen LogP contribution in [0.25, 0.3) is 0 Å². The van der Waals surface area contributed by atoms with E-state index in [-0.39, 0.29) is 0 Å². The second-order valence-electron chi connectivity index (χ2n) is 5.87. The van der Waals surface area contributed by atoms with Gasteiger partial charge in [-0.15, -0.1) is 0 Å². The van der Waals surface area contributed by atoms with E-state index < -0.39 is 0 Å². The fourth-order valence-corrected chi connectivity index (χ4v) is 2.66. The largest absolute Gasteiger partial charge is 0.357 e. The number of rotatable bonds is 5. The van der Waals surface area contributed by atoms with Gasteiger partial charge in [0.15, 0.2) is 5.96 Å². The Morgan fingerprint density at radius 3 is 2.75 bits per heavy atom. The molecular formula is C14H26N6. The molecule has 1 heterocycles. The van der Waals surface area contributed by atoms with E-state index in [0.29, 0.717) is 12.0 Å². The Kier molecular flexibility index (Phi) is 4.98. The number of hydrogen-bond acceptors (Lipinski definition) is 3. The molecule has 0 radical (unpaired) electrons. The van der Waals surface area contributed by atoms with Crippen molar-refractivity contribution in [2.75, 3.05) is 13.1 Å². The third-order valence-electron chi connectivity index (χ3n) is 4.02. The number of aryl methyl sites for hydroxylation is 1. The van der Waals surface area contributed by atoms with Crippen LogP contribution in [-0.4, -0.2) is 33.8 Å². The molecule has 2 rings (SSSR count).